The Balaban J connectivity index is 1.50. The summed E-state index contributed by atoms with van der Waals surface area (Å²) in [6, 6.07) is -0.388. The van der Waals surface area contributed by atoms with Crippen LogP contribution >= 0.6 is 20.7 Å². The van der Waals surface area contributed by atoms with E-state index in [1.165, 1.54) is 32.1 Å². The van der Waals surface area contributed by atoms with E-state index in [9.17, 15) is 14.7 Å². The number of carboxylic acid groups (broad SMARTS) is 1. The Morgan fingerprint density at radius 1 is 1.23 bits per heavy atom. The molecule has 0 amide bonds. The smallest absolute Gasteiger partial charge is 0.315 e. The minimum atomic E-state index is -1.29. The molecule has 6 rings (SSSR count). The number of rotatable bonds is 7. The van der Waals surface area contributed by atoms with Gasteiger partial charge in [0.1, 0.15) is 5.41 Å². The minimum absolute atomic E-state index is 0.00661. The highest BCUT2D eigenvalue weighted by molar-refractivity contribution is 14.2. The van der Waals surface area contributed by atoms with Crippen LogP contribution in [0.3, 0.4) is 0 Å². The van der Waals surface area contributed by atoms with Crippen LogP contribution in [0, 0.1) is 45.8 Å². The molecule has 1 heterocycles. The Morgan fingerprint density at radius 3 is 2.63 bits per heavy atom. The number of hydrogen-bond donors (Lipinski definition) is 3. The Bertz CT molecular complexity index is 976. The third-order valence-corrected chi connectivity index (χ3v) is 13.2. The van der Waals surface area contributed by atoms with Gasteiger partial charge in [-0.2, -0.15) is 0 Å². The summed E-state index contributed by atoms with van der Waals surface area (Å²) in [5.41, 5.74) is 11.2. The molecule has 4 saturated carbocycles. The number of halogens is 1. The molecule has 4 bridgehead atoms. The number of carbonyl (C=O) groups excluding carboxylic acids is 1. The summed E-state index contributed by atoms with van der Waals surface area (Å²) in [7, 11) is 0. The summed E-state index contributed by atoms with van der Waals surface area (Å²) >= 11 is -1.02. The molecule has 5 N–H and O–H groups in total. The summed E-state index contributed by atoms with van der Waals surface area (Å²) < 4.78 is 10.9. The molecule has 10 atom stereocenters. The van der Waals surface area contributed by atoms with Crippen LogP contribution in [0.15, 0.2) is 11.6 Å². The van der Waals surface area contributed by atoms with Crippen molar-refractivity contribution in [2.45, 2.75) is 89.3 Å². The van der Waals surface area contributed by atoms with E-state index in [0.717, 1.165) is 37.2 Å². The summed E-state index contributed by atoms with van der Waals surface area (Å²) in [6.45, 7) is 2.61. The van der Waals surface area contributed by atoms with Crippen molar-refractivity contribution in [2.24, 2.45) is 57.3 Å². The molecule has 6 nitrogen and oxygen atoms in total. The standard InChI is InChI=1S/C28H41IN2O4/c1-15(30)21-11-18-12-27(24(32)29-2)20-7-8-22(31)19(20)13-26(18,28(21,27)25(33)34)23-10-17(14-35-23)9-16-5-3-4-6-16/h11,15-20,22-23H,2-10,12-14,30-31H2,1H3,(H,33,34)/t15?,17-,18?,19-,20+,22+,23+,26?,27?,28+/m0/s1. The largest absolute Gasteiger partial charge is 0.481 e. The van der Waals surface area contributed by atoms with Gasteiger partial charge in [0, 0.05) is 24.1 Å². The van der Waals surface area contributed by atoms with Gasteiger partial charge in [-0.3, -0.25) is 9.59 Å². The number of carbonyl (C=O) groups is 2. The average molecular weight is 597 g/mol. The van der Waals surface area contributed by atoms with Crippen LogP contribution in [0.5, 0.6) is 0 Å². The van der Waals surface area contributed by atoms with Gasteiger partial charge in [0.15, 0.2) is 3.79 Å². The van der Waals surface area contributed by atoms with Gasteiger partial charge >= 0.3 is 5.97 Å². The van der Waals surface area contributed by atoms with Crippen molar-refractivity contribution in [3.63, 3.8) is 0 Å². The fourth-order valence-electron chi connectivity index (χ4n) is 10.6. The van der Waals surface area contributed by atoms with Crippen molar-refractivity contribution >= 4 is 35.0 Å². The molecular formula is C28H41IN2O4. The Morgan fingerprint density at radius 2 is 1.97 bits per heavy atom. The number of carboxylic acids is 1. The zero-order chi connectivity index (χ0) is 24.8. The van der Waals surface area contributed by atoms with Crippen molar-refractivity contribution in [1.29, 1.82) is 0 Å². The number of nitrogens with two attached hydrogens (primary N) is 2. The molecular weight excluding hydrogens is 555 g/mol. The Hall–Kier alpha value is -0.640. The van der Waals surface area contributed by atoms with Crippen molar-refractivity contribution in [2.75, 3.05) is 6.61 Å². The summed E-state index contributed by atoms with van der Waals surface area (Å²) in [4.78, 5) is 27.9. The van der Waals surface area contributed by atoms with Gasteiger partial charge in [0.05, 0.1) is 11.5 Å². The first kappa shape index (κ1) is 24.7. The van der Waals surface area contributed by atoms with Gasteiger partial charge in [-0.25, -0.2) is 0 Å². The number of aliphatic carboxylic acids is 1. The number of ether oxygens (including phenoxy) is 1. The van der Waals surface area contributed by atoms with Crippen molar-refractivity contribution in [1.82, 2.24) is 0 Å². The maximum atomic E-state index is 14.1. The normalized spacial score (nSPS) is 49.3. The summed E-state index contributed by atoms with van der Waals surface area (Å²) in [5, 5.41) is 11.3. The van der Waals surface area contributed by atoms with Gasteiger partial charge in [-0.1, -0.05) is 57.0 Å². The second-order valence-electron chi connectivity index (χ2n) is 12.7. The summed E-state index contributed by atoms with van der Waals surface area (Å²) in [5.74, 6) is 0.592. The van der Waals surface area contributed by atoms with Gasteiger partial charge in [-0.15, -0.1) is 0 Å². The molecule has 1 aliphatic heterocycles. The molecule has 35 heavy (non-hydrogen) atoms. The molecule has 5 aliphatic carbocycles. The van der Waals surface area contributed by atoms with E-state index >= 15 is 0 Å². The zero-order valence-corrected chi connectivity index (χ0v) is 23.0. The van der Waals surface area contributed by atoms with Crippen molar-refractivity contribution < 1.29 is 19.4 Å². The van der Waals surface area contributed by atoms with E-state index in [0.29, 0.717) is 18.9 Å². The average Bonchev–Trinajstić information content (AvgIpc) is 3.63. The minimum Gasteiger partial charge on any atom is -0.481 e. The topological polar surface area (TPSA) is 116 Å². The van der Waals surface area contributed by atoms with Crippen LogP contribution in [0.4, 0.5) is 0 Å². The number of fused-ring (bicyclic) bond motifs is 2. The zero-order valence-electron chi connectivity index (χ0n) is 20.9. The summed E-state index contributed by atoms with van der Waals surface area (Å²) in [6.07, 6.45) is 12.4. The molecule has 194 valence electrons. The van der Waals surface area contributed by atoms with E-state index in [1.54, 1.807) is 0 Å². The lowest BCUT2D eigenvalue weighted by atomic mass is 9.42. The van der Waals surface area contributed by atoms with Crippen LogP contribution in [-0.4, -0.2) is 44.2 Å². The van der Waals surface area contributed by atoms with Crippen molar-refractivity contribution in [3.05, 3.63) is 11.6 Å². The van der Waals surface area contributed by atoms with E-state index in [-0.39, 0.29) is 33.7 Å². The monoisotopic (exact) mass is 596 g/mol. The number of hydrogen-bond acceptors (Lipinski definition) is 5. The first-order valence-corrected chi connectivity index (χ1v) is 16.4. The molecule has 0 aromatic heterocycles. The van der Waals surface area contributed by atoms with Crippen molar-refractivity contribution in [3.8, 4) is 0 Å². The Kier molecular flexibility index (Phi) is 5.95. The molecule has 6 aliphatic rings. The molecule has 0 aromatic carbocycles. The Labute approximate surface area is 218 Å². The van der Waals surface area contributed by atoms with Crippen LogP contribution in [0.1, 0.15) is 71.1 Å². The fourth-order valence-corrected chi connectivity index (χ4v) is 12.3. The third kappa shape index (κ3) is 2.90. The molecule has 0 spiro atoms. The third-order valence-electron chi connectivity index (χ3n) is 11.5. The quantitative estimate of drug-likeness (QED) is 0.233. The SMILES string of the molecule is C=IC(=O)C12CC3C=C(C(C)N)[C@@]1(C(=O)O)C3([C@H]1C[C@H](CC3CCCC3)CO1)C[C@@H]1[C@H](N)CC[C@H]12. The van der Waals surface area contributed by atoms with Gasteiger partial charge in [0.25, 0.3) is 0 Å². The second kappa shape index (κ2) is 8.43. The molecule has 7 heteroatoms. The second-order valence-corrected chi connectivity index (χ2v) is 14.5. The maximum absolute atomic E-state index is 14.1. The van der Waals surface area contributed by atoms with Crippen LogP contribution < -0.4 is 11.5 Å². The molecule has 1 saturated heterocycles. The molecule has 0 radical (unpaired) electrons. The lowest BCUT2D eigenvalue weighted by molar-refractivity contribution is -0.193. The van der Waals surface area contributed by atoms with E-state index in [2.05, 4.69) is 10.6 Å². The maximum Gasteiger partial charge on any atom is 0.315 e. The first-order chi connectivity index (χ1) is 16.7. The fraction of sp³-hybridized carbons (Fsp3) is 0.821. The number of allylic oxidation sites excluding steroid dienone is 1. The molecule has 4 unspecified atom stereocenters. The molecule has 0 aromatic rings. The molecule has 5 fully saturated rings. The first-order valence-electron chi connectivity index (χ1n) is 13.7. The van der Waals surface area contributed by atoms with Crippen LogP contribution in [-0.2, 0) is 14.3 Å². The van der Waals surface area contributed by atoms with E-state index < -0.39 is 49.0 Å². The lowest BCUT2D eigenvalue weighted by Crippen LogP contribution is -2.67. The van der Waals surface area contributed by atoms with Gasteiger partial charge in [-0.05, 0) is 80.6 Å². The van der Waals surface area contributed by atoms with Crippen LogP contribution in [0.2, 0.25) is 0 Å². The van der Waals surface area contributed by atoms with Gasteiger partial charge in [0.2, 0.25) is 0 Å². The van der Waals surface area contributed by atoms with E-state index in [1.807, 2.05) is 6.92 Å². The highest BCUT2D eigenvalue weighted by atomic mass is 127. The lowest BCUT2D eigenvalue weighted by Gasteiger charge is -2.60. The predicted molar refractivity (Wildman–Crippen MR) is 144 cm³/mol. The van der Waals surface area contributed by atoms with E-state index in [4.69, 9.17) is 16.2 Å². The van der Waals surface area contributed by atoms with Crippen LogP contribution in [0.25, 0.3) is 0 Å². The highest BCUT2D eigenvalue weighted by Crippen LogP contribution is 2.84. The van der Waals surface area contributed by atoms with Gasteiger partial charge < -0.3 is 21.3 Å². The highest BCUT2D eigenvalue weighted by Gasteiger charge is 2.87. The predicted octanol–water partition coefficient (Wildman–Crippen LogP) is 4.01.